The highest BCUT2D eigenvalue weighted by molar-refractivity contribution is 5.66. The number of rotatable bonds is 8. The first-order valence-electron chi connectivity index (χ1n) is 10.2. The van der Waals surface area contributed by atoms with Crippen LogP contribution in [0.15, 0.2) is 36.4 Å². The van der Waals surface area contributed by atoms with Crippen LogP contribution >= 0.6 is 0 Å². The first kappa shape index (κ1) is 22.4. The Morgan fingerprint density at radius 1 is 0.933 bits per heavy atom. The molecule has 1 fully saturated rings. The van der Waals surface area contributed by atoms with Gasteiger partial charge in [0.25, 0.3) is 0 Å². The topological polar surface area (TPSA) is 27.7 Å². The molecule has 3 rings (SSSR count). The Kier molecular flexibility index (Phi) is 7.23. The molecule has 1 aliphatic rings. The van der Waals surface area contributed by atoms with E-state index in [9.17, 15) is 17.6 Å². The lowest BCUT2D eigenvalue weighted by molar-refractivity contribution is -0.222. The molecule has 0 atom stereocenters. The van der Waals surface area contributed by atoms with Gasteiger partial charge >= 0.3 is 6.11 Å². The molecule has 0 spiro atoms. The van der Waals surface area contributed by atoms with E-state index in [-0.39, 0.29) is 29.8 Å². The standard InChI is InChI=1S/C23H26F4O3/c1-3-28-20-13-12-19(21(24)22(20)25)16-6-10-18(11-7-16)30-23(26,27)14-29-17-8-4-15(2)5-9-17/h6-7,10-13,15,17H,3-5,8-9,14H2,1-2H3. The molecule has 164 valence electrons. The maximum absolute atomic E-state index is 14.3. The van der Waals surface area contributed by atoms with Crippen LogP contribution in [0.2, 0.25) is 0 Å². The Balaban J connectivity index is 1.62. The fourth-order valence-corrected chi connectivity index (χ4v) is 3.54. The van der Waals surface area contributed by atoms with E-state index < -0.39 is 24.3 Å². The minimum Gasteiger partial charge on any atom is -0.491 e. The second-order valence-electron chi connectivity index (χ2n) is 7.63. The predicted octanol–water partition coefficient (Wildman–Crippen LogP) is 6.60. The van der Waals surface area contributed by atoms with Gasteiger partial charge in [0.05, 0.1) is 12.7 Å². The summed E-state index contributed by atoms with van der Waals surface area (Å²) in [7, 11) is 0. The molecule has 0 amide bonds. The summed E-state index contributed by atoms with van der Waals surface area (Å²) >= 11 is 0. The third kappa shape index (κ3) is 5.65. The minimum absolute atomic E-state index is 0.00382. The van der Waals surface area contributed by atoms with Gasteiger partial charge in [-0.1, -0.05) is 19.1 Å². The highest BCUT2D eigenvalue weighted by Gasteiger charge is 2.34. The summed E-state index contributed by atoms with van der Waals surface area (Å²) in [5.41, 5.74) is 0.335. The van der Waals surface area contributed by atoms with E-state index in [2.05, 4.69) is 6.92 Å². The molecule has 0 unspecified atom stereocenters. The molecule has 0 N–H and O–H groups in total. The zero-order valence-corrected chi connectivity index (χ0v) is 17.1. The summed E-state index contributed by atoms with van der Waals surface area (Å²) in [5.74, 6) is -1.80. The first-order valence-corrected chi connectivity index (χ1v) is 10.2. The van der Waals surface area contributed by atoms with Crippen LogP contribution in [0.1, 0.15) is 39.5 Å². The number of halogens is 4. The molecule has 0 heterocycles. The fourth-order valence-electron chi connectivity index (χ4n) is 3.54. The van der Waals surface area contributed by atoms with Crippen LogP contribution < -0.4 is 9.47 Å². The van der Waals surface area contributed by atoms with Crippen LogP contribution in [-0.2, 0) is 4.74 Å². The lowest BCUT2D eigenvalue weighted by Gasteiger charge is -2.28. The smallest absolute Gasteiger partial charge is 0.421 e. The van der Waals surface area contributed by atoms with Crippen LogP contribution in [0.3, 0.4) is 0 Å². The molecule has 0 saturated heterocycles. The van der Waals surface area contributed by atoms with Crippen molar-refractivity contribution in [2.45, 2.75) is 51.7 Å². The van der Waals surface area contributed by atoms with Crippen LogP contribution in [0.4, 0.5) is 17.6 Å². The van der Waals surface area contributed by atoms with Crippen molar-refractivity contribution in [1.29, 1.82) is 0 Å². The van der Waals surface area contributed by atoms with Crippen LogP contribution in [0.25, 0.3) is 11.1 Å². The van der Waals surface area contributed by atoms with Crippen molar-refractivity contribution in [3.63, 3.8) is 0 Å². The van der Waals surface area contributed by atoms with Gasteiger partial charge in [-0.3, -0.25) is 0 Å². The lowest BCUT2D eigenvalue weighted by Crippen LogP contribution is -2.34. The SMILES string of the molecule is CCOc1ccc(-c2ccc(OC(F)(F)COC3CCC(C)CC3)cc2)c(F)c1F. The number of hydrogen-bond acceptors (Lipinski definition) is 3. The maximum atomic E-state index is 14.3. The molecule has 30 heavy (non-hydrogen) atoms. The van der Waals surface area contributed by atoms with Crippen LogP contribution in [0.5, 0.6) is 11.5 Å². The molecule has 1 saturated carbocycles. The zero-order chi connectivity index (χ0) is 21.7. The van der Waals surface area contributed by atoms with Crippen LogP contribution in [-0.4, -0.2) is 25.4 Å². The van der Waals surface area contributed by atoms with Crippen molar-refractivity contribution >= 4 is 0 Å². The number of hydrogen-bond donors (Lipinski definition) is 0. The van der Waals surface area contributed by atoms with E-state index in [0.717, 1.165) is 25.7 Å². The number of alkyl halides is 2. The summed E-state index contributed by atoms with van der Waals surface area (Å²) < 4.78 is 71.8. The highest BCUT2D eigenvalue weighted by atomic mass is 19.3. The molecule has 2 aromatic rings. The third-order valence-electron chi connectivity index (χ3n) is 5.23. The Hall–Kier alpha value is -2.28. The highest BCUT2D eigenvalue weighted by Crippen LogP contribution is 2.32. The first-order chi connectivity index (χ1) is 14.3. The molecular formula is C23H26F4O3. The molecule has 2 aromatic carbocycles. The lowest BCUT2D eigenvalue weighted by atomic mass is 9.89. The van der Waals surface area contributed by atoms with Gasteiger partial charge in [0, 0.05) is 5.56 Å². The molecule has 0 aliphatic heterocycles. The normalized spacial score (nSPS) is 19.5. The average molecular weight is 426 g/mol. The van der Waals surface area contributed by atoms with Gasteiger partial charge in [0.1, 0.15) is 5.75 Å². The van der Waals surface area contributed by atoms with Crippen molar-refractivity contribution in [2.24, 2.45) is 5.92 Å². The molecule has 0 bridgehead atoms. The van der Waals surface area contributed by atoms with Gasteiger partial charge in [-0.15, -0.1) is 0 Å². The summed E-state index contributed by atoms with van der Waals surface area (Å²) in [6, 6.07) is 8.09. The second-order valence-corrected chi connectivity index (χ2v) is 7.63. The monoisotopic (exact) mass is 426 g/mol. The second kappa shape index (κ2) is 9.69. The fraction of sp³-hybridized carbons (Fsp3) is 0.478. The summed E-state index contributed by atoms with van der Waals surface area (Å²) in [6.07, 6.45) is -0.161. The van der Waals surface area contributed by atoms with Crippen molar-refractivity contribution in [1.82, 2.24) is 0 Å². The van der Waals surface area contributed by atoms with E-state index in [4.69, 9.17) is 14.2 Å². The zero-order valence-electron chi connectivity index (χ0n) is 17.1. The van der Waals surface area contributed by atoms with Gasteiger partial charge in [-0.25, -0.2) is 4.39 Å². The summed E-state index contributed by atoms with van der Waals surface area (Å²) in [4.78, 5) is 0. The van der Waals surface area contributed by atoms with Gasteiger partial charge in [0.15, 0.2) is 18.2 Å². The summed E-state index contributed by atoms with van der Waals surface area (Å²) in [5, 5.41) is 0. The maximum Gasteiger partial charge on any atom is 0.421 e. The molecule has 1 aliphatic carbocycles. The molecule has 0 aromatic heterocycles. The van der Waals surface area contributed by atoms with E-state index in [1.807, 2.05) is 0 Å². The average Bonchev–Trinajstić information content (AvgIpc) is 2.72. The summed E-state index contributed by atoms with van der Waals surface area (Å²) in [6.45, 7) is 3.19. The Morgan fingerprint density at radius 2 is 1.60 bits per heavy atom. The Morgan fingerprint density at radius 3 is 2.23 bits per heavy atom. The van der Waals surface area contributed by atoms with Gasteiger partial charge in [-0.05, 0) is 68.4 Å². The van der Waals surface area contributed by atoms with Gasteiger partial charge in [0.2, 0.25) is 5.82 Å². The van der Waals surface area contributed by atoms with Crippen molar-refractivity contribution in [3.8, 4) is 22.6 Å². The number of benzene rings is 2. The van der Waals surface area contributed by atoms with Crippen molar-refractivity contribution in [3.05, 3.63) is 48.0 Å². The van der Waals surface area contributed by atoms with Crippen molar-refractivity contribution < 1.29 is 31.8 Å². The third-order valence-corrected chi connectivity index (χ3v) is 5.23. The Labute approximate surface area is 173 Å². The van der Waals surface area contributed by atoms with Gasteiger partial charge in [-0.2, -0.15) is 13.2 Å². The van der Waals surface area contributed by atoms with E-state index in [1.165, 1.54) is 36.4 Å². The molecular weight excluding hydrogens is 400 g/mol. The van der Waals surface area contributed by atoms with Gasteiger partial charge < -0.3 is 14.2 Å². The predicted molar refractivity (Wildman–Crippen MR) is 106 cm³/mol. The largest absolute Gasteiger partial charge is 0.491 e. The molecule has 0 radical (unpaired) electrons. The number of ether oxygens (including phenoxy) is 3. The molecule has 7 heteroatoms. The van der Waals surface area contributed by atoms with Crippen LogP contribution in [0, 0.1) is 17.6 Å². The minimum atomic E-state index is -3.49. The van der Waals surface area contributed by atoms with Crippen molar-refractivity contribution in [2.75, 3.05) is 13.2 Å². The van der Waals surface area contributed by atoms with E-state index in [0.29, 0.717) is 11.5 Å². The van der Waals surface area contributed by atoms with E-state index in [1.54, 1.807) is 6.92 Å². The Bertz CT molecular complexity index is 831. The van der Waals surface area contributed by atoms with E-state index >= 15 is 0 Å². The quantitative estimate of drug-likeness (QED) is 0.445. The molecule has 3 nitrogen and oxygen atoms in total.